The number of nitrogens with two attached hydrogens (primary N) is 1. The van der Waals surface area contributed by atoms with Crippen molar-refractivity contribution in [3.05, 3.63) is 29.8 Å². The van der Waals surface area contributed by atoms with Crippen molar-refractivity contribution in [2.75, 3.05) is 26.7 Å². The quantitative estimate of drug-likeness (QED) is 0.803. The molecule has 4 heteroatoms. The topological polar surface area (TPSA) is 55.6 Å². The molecule has 0 aliphatic carbocycles. The van der Waals surface area contributed by atoms with Crippen LogP contribution in [0.4, 0.5) is 0 Å². The lowest BCUT2D eigenvalue weighted by Crippen LogP contribution is -2.31. The maximum absolute atomic E-state index is 11.5. The van der Waals surface area contributed by atoms with E-state index < -0.39 is 0 Å². The van der Waals surface area contributed by atoms with Crippen molar-refractivity contribution < 1.29 is 9.53 Å². The second kappa shape index (κ2) is 6.91. The first-order valence-electron chi connectivity index (χ1n) is 5.83. The lowest BCUT2D eigenvalue weighted by molar-refractivity contribution is -0.131. The van der Waals surface area contributed by atoms with Crippen LogP contribution >= 0.6 is 0 Å². The lowest BCUT2D eigenvalue weighted by Gasteiger charge is -2.15. The van der Waals surface area contributed by atoms with Crippen molar-refractivity contribution in [2.24, 2.45) is 5.73 Å². The second-order valence-electron chi connectivity index (χ2n) is 3.88. The average molecular weight is 236 g/mol. The van der Waals surface area contributed by atoms with Gasteiger partial charge in [0.05, 0.1) is 0 Å². The molecular formula is C13H20N2O2. The molecular weight excluding hydrogens is 216 g/mol. The maximum Gasteiger partial charge on any atom is 0.260 e. The number of nitrogens with zero attached hydrogens (tertiary/aromatic N) is 1. The molecule has 0 unspecified atom stereocenters. The van der Waals surface area contributed by atoms with Gasteiger partial charge in [0.15, 0.2) is 6.61 Å². The standard InChI is InChI=1S/C13H20N2O2/c1-3-15(2)13(16)10-17-12-6-4-5-11(9-12)7-8-14/h4-6,9H,3,7-8,10,14H2,1-2H3. The summed E-state index contributed by atoms with van der Waals surface area (Å²) in [6, 6.07) is 7.68. The zero-order chi connectivity index (χ0) is 12.7. The van der Waals surface area contributed by atoms with E-state index in [-0.39, 0.29) is 12.5 Å². The number of carbonyl (C=O) groups excluding carboxylic acids is 1. The highest BCUT2D eigenvalue weighted by Gasteiger charge is 2.07. The summed E-state index contributed by atoms with van der Waals surface area (Å²) in [4.78, 5) is 13.2. The van der Waals surface area contributed by atoms with Crippen LogP contribution in [0.2, 0.25) is 0 Å². The smallest absolute Gasteiger partial charge is 0.260 e. The molecule has 17 heavy (non-hydrogen) atoms. The van der Waals surface area contributed by atoms with Crippen LogP contribution in [0.3, 0.4) is 0 Å². The molecule has 0 aliphatic rings. The summed E-state index contributed by atoms with van der Waals surface area (Å²) >= 11 is 0. The van der Waals surface area contributed by atoms with Gasteiger partial charge in [0.2, 0.25) is 0 Å². The van der Waals surface area contributed by atoms with Gasteiger partial charge in [-0.25, -0.2) is 0 Å². The summed E-state index contributed by atoms with van der Waals surface area (Å²) < 4.78 is 5.45. The Bertz CT molecular complexity index is 366. The van der Waals surface area contributed by atoms with Crippen LogP contribution < -0.4 is 10.5 Å². The molecule has 1 amide bonds. The van der Waals surface area contributed by atoms with Gasteiger partial charge in [-0.1, -0.05) is 12.1 Å². The van der Waals surface area contributed by atoms with Crippen LogP contribution in [-0.2, 0) is 11.2 Å². The van der Waals surface area contributed by atoms with E-state index in [0.717, 1.165) is 12.0 Å². The van der Waals surface area contributed by atoms with Crippen LogP contribution in [0.5, 0.6) is 5.75 Å². The Labute approximate surface area is 102 Å². The molecule has 0 saturated heterocycles. The highest BCUT2D eigenvalue weighted by Crippen LogP contribution is 2.13. The van der Waals surface area contributed by atoms with Gasteiger partial charge >= 0.3 is 0 Å². The number of carbonyl (C=O) groups is 1. The molecule has 0 aromatic heterocycles. The van der Waals surface area contributed by atoms with Gasteiger partial charge in [-0.05, 0) is 37.6 Å². The molecule has 0 heterocycles. The second-order valence-corrected chi connectivity index (χ2v) is 3.88. The number of ether oxygens (including phenoxy) is 1. The minimum Gasteiger partial charge on any atom is -0.484 e. The van der Waals surface area contributed by atoms with Crippen molar-refractivity contribution in [1.82, 2.24) is 4.90 Å². The molecule has 94 valence electrons. The Morgan fingerprint density at radius 3 is 2.88 bits per heavy atom. The van der Waals surface area contributed by atoms with Crippen molar-refractivity contribution in [1.29, 1.82) is 0 Å². The van der Waals surface area contributed by atoms with Gasteiger partial charge in [0.1, 0.15) is 5.75 Å². The normalized spacial score (nSPS) is 10.1. The zero-order valence-electron chi connectivity index (χ0n) is 10.5. The molecule has 0 aliphatic heterocycles. The van der Waals surface area contributed by atoms with Crippen molar-refractivity contribution in [3.8, 4) is 5.75 Å². The Balaban J connectivity index is 2.51. The minimum atomic E-state index is -0.0169. The van der Waals surface area contributed by atoms with E-state index in [1.807, 2.05) is 31.2 Å². The predicted molar refractivity (Wildman–Crippen MR) is 68.0 cm³/mol. The Kier molecular flexibility index (Phi) is 5.49. The first kappa shape index (κ1) is 13.5. The first-order valence-corrected chi connectivity index (χ1v) is 5.83. The van der Waals surface area contributed by atoms with Gasteiger partial charge in [-0.15, -0.1) is 0 Å². The van der Waals surface area contributed by atoms with Crippen LogP contribution in [0.25, 0.3) is 0 Å². The van der Waals surface area contributed by atoms with E-state index in [1.54, 1.807) is 11.9 Å². The molecule has 1 aromatic carbocycles. The average Bonchev–Trinajstić information content (AvgIpc) is 2.36. The van der Waals surface area contributed by atoms with E-state index in [0.29, 0.717) is 18.8 Å². The van der Waals surface area contributed by atoms with E-state index >= 15 is 0 Å². The number of likely N-dealkylation sites (N-methyl/N-ethyl adjacent to an activating group) is 1. The molecule has 2 N–H and O–H groups in total. The molecule has 4 nitrogen and oxygen atoms in total. The molecule has 0 atom stereocenters. The molecule has 0 saturated carbocycles. The third-order valence-electron chi connectivity index (χ3n) is 2.59. The molecule has 0 spiro atoms. The summed E-state index contributed by atoms with van der Waals surface area (Å²) in [5.74, 6) is 0.700. The van der Waals surface area contributed by atoms with Crippen LogP contribution in [0.1, 0.15) is 12.5 Å². The van der Waals surface area contributed by atoms with Crippen LogP contribution in [0.15, 0.2) is 24.3 Å². The molecule has 0 bridgehead atoms. The fourth-order valence-corrected chi connectivity index (χ4v) is 1.39. The Morgan fingerprint density at radius 2 is 2.24 bits per heavy atom. The van der Waals surface area contributed by atoms with E-state index in [1.165, 1.54) is 0 Å². The van der Waals surface area contributed by atoms with E-state index in [4.69, 9.17) is 10.5 Å². The Hall–Kier alpha value is -1.55. The van der Waals surface area contributed by atoms with Crippen molar-refractivity contribution >= 4 is 5.91 Å². The predicted octanol–water partition coefficient (Wildman–Crippen LogP) is 1.04. The third-order valence-corrected chi connectivity index (χ3v) is 2.59. The number of hydrogen-bond acceptors (Lipinski definition) is 3. The first-order chi connectivity index (χ1) is 8.17. The molecule has 1 aromatic rings. The maximum atomic E-state index is 11.5. The monoisotopic (exact) mass is 236 g/mol. The highest BCUT2D eigenvalue weighted by molar-refractivity contribution is 5.77. The molecule has 0 fully saturated rings. The van der Waals surface area contributed by atoms with Crippen LogP contribution in [0, 0.1) is 0 Å². The van der Waals surface area contributed by atoms with Gasteiger partial charge < -0.3 is 15.4 Å². The fourth-order valence-electron chi connectivity index (χ4n) is 1.39. The SMILES string of the molecule is CCN(C)C(=O)COc1cccc(CCN)c1. The van der Waals surface area contributed by atoms with Gasteiger partial charge in [0.25, 0.3) is 5.91 Å². The van der Waals surface area contributed by atoms with Crippen molar-refractivity contribution in [2.45, 2.75) is 13.3 Å². The van der Waals surface area contributed by atoms with E-state index in [9.17, 15) is 4.79 Å². The van der Waals surface area contributed by atoms with Crippen molar-refractivity contribution in [3.63, 3.8) is 0 Å². The zero-order valence-corrected chi connectivity index (χ0v) is 10.5. The van der Waals surface area contributed by atoms with Crippen LogP contribution in [-0.4, -0.2) is 37.6 Å². The third kappa shape index (κ3) is 4.44. The summed E-state index contributed by atoms with van der Waals surface area (Å²) in [5, 5.41) is 0. The summed E-state index contributed by atoms with van der Waals surface area (Å²) in [7, 11) is 1.76. The number of hydrogen-bond donors (Lipinski definition) is 1. The number of amides is 1. The van der Waals surface area contributed by atoms with Gasteiger partial charge in [-0.3, -0.25) is 4.79 Å². The Morgan fingerprint density at radius 1 is 1.47 bits per heavy atom. The highest BCUT2D eigenvalue weighted by atomic mass is 16.5. The molecule has 1 rings (SSSR count). The minimum absolute atomic E-state index is 0.0169. The lowest BCUT2D eigenvalue weighted by atomic mass is 10.1. The number of rotatable bonds is 6. The summed E-state index contributed by atoms with van der Waals surface area (Å²) in [6.07, 6.45) is 0.819. The van der Waals surface area contributed by atoms with Gasteiger partial charge in [-0.2, -0.15) is 0 Å². The van der Waals surface area contributed by atoms with E-state index in [2.05, 4.69) is 0 Å². The van der Waals surface area contributed by atoms with Gasteiger partial charge in [0, 0.05) is 13.6 Å². The summed E-state index contributed by atoms with van der Waals surface area (Å²) in [6.45, 7) is 3.31. The number of benzene rings is 1. The largest absolute Gasteiger partial charge is 0.484 e. The fraction of sp³-hybridized carbons (Fsp3) is 0.462. The summed E-state index contributed by atoms with van der Waals surface area (Å²) in [5.41, 5.74) is 6.62. The molecule has 0 radical (unpaired) electrons.